The number of benzene rings is 2. The Morgan fingerprint density at radius 2 is 1.80 bits per heavy atom. The summed E-state index contributed by atoms with van der Waals surface area (Å²) in [7, 11) is 0. The Kier molecular flexibility index (Phi) is 5.34. The molecule has 0 atom stereocenters. The van der Waals surface area contributed by atoms with E-state index >= 15 is 0 Å². The maximum Gasteiger partial charge on any atom is 0.128 e. The van der Waals surface area contributed by atoms with E-state index in [4.69, 9.17) is 4.74 Å². The Balaban J connectivity index is 1.12. The van der Waals surface area contributed by atoms with Crippen molar-refractivity contribution < 1.29 is 4.74 Å². The van der Waals surface area contributed by atoms with Crippen molar-refractivity contribution in [1.29, 1.82) is 0 Å². The number of hydrogen-bond donors (Lipinski definition) is 1. The zero-order chi connectivity index (χ0) is 20.3. The molecule has 5 rings (SSSR count). The second kappa shape index (κ2) is 8.42. The molecule has 0 amide bonds. The van der Waals surface area contributed by atoms with E-state index in [1.54, 1.807) is 6.33 Å². The van der Waals surface area contributed by atoms with Crippen LogP contribution in [0.25, 0.3) is 21.9 Å². The van der Waals surface area contributed by atoms with Gasteiger partial charge in [0.05, 0.1) is 22.9 Å². The summed E-state index contributed by atoms with van der Waals surface area (Å²) in [5.74, 6) is 0.922. The van der Waals surface area contributed by atoms with Gasteiger partial charge in [-0.3, -0.25) is 14.8 Å². The normalized spacial score (nSPS) is 15.8. The van der Waals surface area contributed by atoms with Gasteiger partial charge in [-0.05, 0) is 42.8 Å². The fourth-order valence-corrected chi connectivity index (χ4v) is 4.21. The number of fused-ring (bicyclic) bond motifs is 2. The summed E-state index contributed by atoms with van der Waals surface area (Å²) in [6, 6.07) is 16.6. The van der Waals surface area contributed by atoms with Crippen molar-refractivity contribution in [2.45, 2.75) is 13.5 Å². The van der Waals surface area contributed by atoms with E-state index < -0.39 is 0 Å². The van der Waals surface area contributed by atoms with E-state index in [9.17, 15) is 0 Å². The lowest BCUT2D eigenvalue weighted by Gasteiger charge is -2.34. The molecule has 4 aromatic rings. The molecule has 6 nitrogen and oxygen atoms in total. The molecule has 1 aliphatic rings. The molecule has 2 aromatic carbocycles. The Bertz CT molecular complexity index is 1150. The van der Waals surface area contributed by atoms with E-state index in [0.717, 1.165) is 72.6 Å². The van der Waals surface area contributed by atoms with Crippen molar-refractivity contribution in [3.8, 4) is 5.75 Å². The molecule has 154 valence electrons. The molecule has 1 saturated heterocycles. The van der Waals surface area contributed by atoms with Crippen LogP contribution in [0.15, 0.2) is 54.9 Å². The molecule has 0 aliphatic carbocycles. The monoisotopic (exact) mass is 401 g/mol. The maximum absolute atomic E-state index is 6.12. The lowest BCUT2D eigenvalue weighted by molar-refractivity contribution is 0.113. The fourth-order valence-electron chi connectivity index (χ4n) is 4.21. The van der Waals surface area contributed by atoms with Gasteiger partial charge in [-0.25, -0.2) is 4.98 Å². The number of para-hydroxylation sites is 1. The average Bonchev–Trinajstić information content (AvgIpc) is 3.25. The molecule has 0 radical (unpaired) electrons. The molecule has 0 saturated carbocycles. The number of hydrogen-bond acceptors (Lipinski definition) is 5. The van der Waals surface area contributed by atoms with E-state index in [2.05, 4.69) is 49.0 Å². The lowest BCUT2D eigenvalue weighted by atomic mass is 10.1. The van der Waals surface area contributed by atoms with Gasteiger partial charge in [-0.2, -0.15) is 0 Å². The molecule has 3 heterocycles. The average molecular weight is 402 g/mol. The number of H-pyrrole nitrogens is 1. The van der Waals surface area contributed by atoms with Gasteiger partial charge in [0.1, 0.15) is 12.4 Å². The number of aromatic nitrogens is 3. The standard InChI is InChI=1S/C24H27N5O/c1-18-8-9-20-21(27-18)5-3-7-23(20)30-15-14-28-10-12-29(13-11-28)16-19-4-2-6-22-24(19)26-17-25-22/h2-9,17H,10-16H2,1H3,(H,25,26). The molecule has 2 aromatic heterocycles. The number of nitrogens with one attached hydrogen (secondary N) is 1. The molecule has 1 fully saturated rings. The Morgan fingerprint density at radius 1 is 0.967 bits per heavy atom. The van der Waals surface area contributed by atoms with Gasteiger partial charge in [0.15, 0.2) is 0 Å². The van der Waals surface area contributed by atoms with Gasteiger partial charge < -0.3 is 9.72 Å². The Hall–Kier alpha value is -2.96. The number of nitrogens with zero attached hydrogens (tertiary/aromatic N) is 4. The second-order valence-electron chi connectivity index (χ2n) is 7.96. The highest BCUT2D eigenvalue weighted by atomic mass is 16.5. The summed E-state index contributed by atoms with van der Waals surface area (Å²) in [6.45, 7) is 8.87. The van der Waals surface area contributed by atoms with Crippen LogP contribution >= 0.6 is 0 Å². The van der Waals surface area contributed by atoms with E-state index in [-0.39, 0.29) is 0 Å². The third-order valence-corrected chi connectivity index (χ3v) is 5.89. The third kappa shape index (κ3) is 4.01. The minimum absolute atomic E-state index is 0.694. The SMILES string of the molecule is Cc1ccc2c(OCCN3CCN(Cc4cccc5[nH]cnc45)CC3)cccc2n1. The van der Waals surface area contributed by atoms with Crippen LogP contribution in [0, 0.1) is 6.92 Å². The number of pyridine rings is 1. The van der Waals surface area contributed by atoms with Crippen LogP contribution in [0.4, 0.5) is 0 Å². The van der Waals surface area contributed by atoms with Crippen molar-refractivity contribution in [1.82, 2.24) is 24.8 Å². The number of aromatic amines is 1. The Labute approximate surface area is 176 Å². The molecular weight excluding hydrogens is 374 g/mol. The van der Waals surface area contributed by atoms with Crippen molar-refractivity contribution in [2.24, 2.45) is 0 Å². The number of piperazine rings is 1. The van der Waals surface area contributed by atoms with Crippen molar-refractivity contribution in [3.63, 3.8) is 0 Å². The van der Waals surface area contributed by atoms with Crippen LogP contribution in [0.2, 0.25) is 0 Å². The number of rotatable bonds is 6. The van der Waals surface area contributed by atoms with Crippen molar-refractivity contribution in [3.05, 3.63) is 66.1 Å². The second-order valence-corrected chi connectivity index (χ2v) is 7.96. The number of ether oxygens (including phenoxy) is 1. The smallest absolute Gasteiger partial charge is 0.128 e. The summed E-state index contributed by atoms with van der Waals surface area (Å²) in [4.78, 5) is 17.3. The largest absolute Gasteiger partial charge is 0.492 e. The summed E-state index contributed by atoms with van der Waals surface area (Å²) >= 11 is 0. The minimum Gasteiger partial charge on any atom is -0.492 e. The van der Waals surface area contributed by atoms with Crippen LogP contribution < -0.4 is 4.74 Å². The van der Waals surface area contributed by atoms with Crippen LogP contribution in [0.1, 0.15) is 11.3 Å². The van der Waals surface area contributed by atoms with Crippen molar-refractivity contribution in [2.75, 3.05) is 39.3 Å². The zero-order valence-electron chi connectivity index (χ0n) is 17.3. The predicted octanol–water partition coefficient (Wildman–Crippen LogP) is 3.62. The first-order valence-corrected chi connectivity index (χ1v) is 10.6. The highest BCUT2D eigenvalue weighted by Crippen LogP contribution is 2.24. The van der Waals surface area contributed by atoms with E-state index in [0.29, 0.717) is 6.61 Å². The van der Waals surface area contributed by atoms with Crippen LogP contribution in [-0.2, 0) is 6.54 Å². The first kappa shape index (κ1) is 19.0. The molecule has 0 spiro atoms. The number of aryl methyl sites for hydroxylation is 1. The van der Waals surface area contributed by atoms with Gasteiger partial charge >= 0.3 is 0 Å². The number of imidazole rings is 1. The zero-order valence-corrected chi connectivity index (χ0v) is 17.3. The van der Waals surface area contributed by atoms with E-state index in [1.807, 2.05) is 31.2 Å². The lowest BCUT2D eigenvalue weighted by Crippen LogP contribution is -2.47. The van der Waals surface area contributed by atoms with Crippen LogP contribution in [-0.4, -0.2) is 64.1 Å². The quantitative estimate of drug-likeness (QED) is 0.535. The summed E-state index contributed by atoms with van der Waals surface area (Å²) in [5, 5.41) is 1.08. The van der Waals surface area contributed by atoms with Crippen molar-refractivity contribution >= 4 is 21.9 Å². The highest BCUT2D eigenvalue weighted by Gasteiger charge is 2.18. The van der Waals surface area contributed by atoms with Crippen LogP contribution in [0.5, 0.6) is 5.75 Å². The molecule has 1 N–H and O–H groups in total. The van der Waals surface area contributed by atoms with Gasteiger partial charge in [0.2, 0.25) is 0 Å². The maximum atomic E-state index is 6.12. The highest BCUT2D eigenvalue weighted by molar-refractivity contribution is 5.85. The minimum atomic E-state index is 0.694. The first-order chi connectivity index (χ1) is 14.8. The van der Waals surface area contributed by atoms with E-state index in [1.165, 1.54) is 5.56 Å². The summed E-state index contributed by atoms with van der Waals surface area (Å²) in [6.07, 6.45) is 1.78. The first-order valence-electron chi connectivity index (χ1n) is 10.6. The molecule has 0 unspecified atom stereocenters. The molecule has 0 bridgehead atoms. The third-order valence-electron chi connectivity index (χ3n) is 5.89. The molecule has 6 heteroatoms. The summed E-state index contributed by atoms with van der Waals surface area (Å²) in [5.41, 5.74) is 5.52. The topological polar surface area (TPSA) is 57.3 Å². The predicted molar refractivity (Wildman–Crippen MR) is 120 cm³/mol. The van der Waals surface area contributed by atoms with Crippen LogP contribution in [0.3, 0.4) is 0 Å². The molecule has 1 aliphatic heterocycles. The Morgan fingerprint density at radius 3 is 2.70 bits per heavy atom. The molecular formula is C24H27N5O. The van der Waals surface area contributed by atoms with Gasteiger partial charge in [0, 0.05) is 50.3 Å². The van der Waals surface area contributed by atoms with Gasteiger partial charge in [-0.15, -0.1) is 0 Å². The summed E-state index contributed by atoms with van der Waals surface area (Å²) < 4.78 is 6.12. The fraction of sp³-hybridized carbons (Fsp3) is 0.333. The van der Waals surface area contributed by atoms with Gasteiger partial charge in [0.25, 0.3) is 0 Å². The van der Waals surface area contributed by atoms with Gasteiger partial charge in [-0.1, -0.05) is 18.2 Å². The molecule has 30 heavy (non-hydrogen) atoms.